The first kappa shape index (κ1) is 16.5. The van der Waals surface area contributed by atoms with E-state index >= 15 is 0 Å². The van der Waals surface area contributed by atoms with Crippen LogP contribution in [0.25, 0.3) is 0 Å². The Morgan fingerprint density at radius 2 is 2.21 bits per heavy atom. The topological polar surface area (TPSA) is 40.5 Å². The number of piperidine rings is 1. The summed E-state index contributed by atoms with van der Waals surface area (Å²) < 4.78 is 0. The predicted octanol–water partition coefficient (Wildman–Crippen LogP) is 3.78. The van der Waals surface area contributed by atoms with Crippen LogP contribution in [0.4, 0.5) is 0 Å². The molecule has 3 heteroatoms. The molecule has 0 spiro atoms. The maximum atomic E-state index is 10.7. The molecule has 1 N–H and O–H groups in total. The highest BCUT2D eigenvalue weighted by Gasteiger charge is 2.22. The van der Waals surface area contributed by atoms with Gasteiger partial charge in [0, 0.05) is 19.5 Å². The molecule has 1 heterocycles. The molecule has 1 aliphatic rings. The van der Waals surface area contributed by atoms with E-state index in [1.807, 2.05) is 0 Å². The summed E-state index contributed by atoms with van der Waals surface area (Å²) in [6.45, 7) is 8.11. The van der Waals surface area contributed by atoms with E-state index in [0.29, 0.717) is 12.3 Å². The zero-order valence-electron chi connectivity index (χ0n) is 12.7. The number of nitrogens with zero attached hydrogens (tertiary/aromatic N) is 1. The van der Waals surface area contributed by atoms with Crippen LogP contribution in [0.5, 0.6) is 0 Å². The molecule has 1 rings (SSSR count). The second kappa shape index (κ2) is 9.35. The van der Waals surface area contributed by atoms with Crippen molar-refractivity contribution in [2.24, 2.45) is 11.8 Å². The van der Waals surface area contributed by atoms with Crippen LogP contribution in [0.2, 0.25) is 0 Å². The summed E-state index contributed by atoms with van der Waals surface area (Å²) in [5.41, 5.74) is 0. The van der Waals surface area contributed by atoms with Crippen LogP contribution in [0.1, 0.15) is 65.2 Å². The van der Waals surface area contributed by atoms with E-state index in [-0.39, 0.29) is 0 Å². The van der Waals surface area contributed by atoms with E-state index in [0.717, 1.165) is 18.9 Å². The summed E-state index contributed by atoms with van der Waals surface area (Å²) in [4.78, 5) is 13.2. The Labute approximate surface area is 118 Å². The van der Waals surface area contributed by atoms with Crippen molar-refractivity contribution in [1.29, 1.82) is 0 Å². The van der Waals surface area contributed by atoms with Crippen molar-refractivity contribution in [2.75, 3.05) is 19.6 Å². The molecule has 0 aliphatic carbocycles. The molecule has 0 aromatic rings. The van der Waals surface area contributed by atoms with Gasteiger partial charge in [-0.15, -0.1) is 0 Å². The normalized spacial score (nSPS) is 22.3. The minimum absolute atomic E-state index is 0.339. The maximum Gasteiger partial charge on any atom is 0.303 e. The number of unbranched alkanes of at least 4 members (excludes halogenated alkanes) is 1. The smallest absolute Gasteiger partial charge is 0.303 e. The van der Waals surface area contributed by atoms with E-state index in [9.17, 15) is 4.79 Å². The molecule has 1 aliphatic heterocycles. The van der Waals surface area contributed by atoms with Crippen molar-refractivity contribution in [3.05, 3.63) is 0 Å². The Hall–Kier alpha value is -0.570. The molecule has 0 saturated carbocycles. The second-order valence-corrected chi connectivity index (χ2v) is 6.12. The van der Waals surface area contributed by atoms with Crippen molar-refractivity contribution >= 4 is 5.97 Å². The van der Waals surface area contributed by atoms with Crippen LogP contribution in [0.3, 0.4) is 0 Å². The van der Waals surface area contributed by atoms with Crippen LogP contribution < -0.4 is 0 Å². The number of rotatable bonds is 9. The number of carbonyl (C=O) groups is 1. The van der Waals surface area contributed by atoms with Gasteiger partial charge in [-0.25, -0.2) is 0 Å². The third-order valence-corrected chi connectivity index (χ3v) is 4.43. The highest BCUT2D eigenvalue weighted by Crippen LogP contribution is 2.23. The number of carboxylic acid groups (broad SMARTS) is 1. The maximum absolute atomic E-state index is 10.7. The van der Waals surface area contributed by atoms with Crippen LogP contribution in [0.15, 0.2) is 0 Å². The molecule has 2 atom stereocenters. The van der Waals surface area contributed by atoms with Gasteiger partial charge >= 0.3 is 5.97 Å². The Morgan fingerprint density at radius 3 is 2.84 bits per heavy atom. The Morgan fingerprint density at radius 1 is 1.42 bits per heavy atom. The number of aliphatic carboxylic acids is 1. The quantitative estimate of drug-likeness (QED) is 0.692. The first-order chi connectivity index (χ1) is 9.15. The lowest BCUT2D eigenvalue weighted by molar-refractivity contribution is -0.137. The number of hydrogen-bond donors (Lipinski definition) is 1. The van der Waals surface area contributed by atoms with Crippen molar-refractivity contribution in [3.63, 3.8) is 0 Å². The standard InChI is InChI=1S/C16H31NO2/c1-3-5-7-14(4-2)12-17-11-6-8-15(13-17)9-10-16(18)19/h14-15H,3-13H2,1-2H3,(H,18,19). The van der Waals surface area contributed by atoms with Crippen LogP contribution >= 0.6 is 0 Å². The average Bonchev–Trinajstić information content (AvgIpc) is 2.41. The lowest BCUT2D eigenvalue weighted by atomic mass is 9.91. The monoisotopic (exact) mass is 269 g/mol. The first-order valence-corrected chi connectivity index (χ1v) is 8.09. The fourth-order valence-corrected chi connectivity index (χ4v) is 3.16. The summed E-state index contributed by atoms with van der Waals surface area (Å²) in [5, 5.41) is 8.78. The Balaban J connectivity index is 2.30. The van der Waals surface area contributed by atoms with Crippen molar-refractivity contribution in [2.45, 2.75) is 65.2 Å². The first-order valence-electron chi connectivity index (χ1n) is 8.09. The van der Waals surface area contributed by atoms with Gasteiger partial charge in [-0.05, 0) is 44.1 Å². The van der Waals surface area contributed by atoms with E-state index < -0.39 is 5.97 Å². The van der Waals surface area contributed by atoms with E-state index in [4.69, 9.17) is 5.11 Å². The van der Waals surface area contributed by atoms with Gasteiger partial charge in [0.15, 0.2) is 0 Å². The van der Waals surface area contributed by atoms with Gasteiger partial charge in [0.1, 0.15) is 0 Å². The SMILES string of the molecule is CCCCC(CC)CN1CCCC(CCC(=O)O)C1. The van der Waals surface area contributed by atoms with E-state index in [1.54, 1.807) is 0 Å². The fourth-order valence-electron chi connectivity index (χ4n) is 3.16. The molecule has 0 bridgehead atoms. The highest BCUT2D eigenvalue weighted by molar-refractivity contribution is 5.66. The van der Waals surface area contributed by atoms with Gasteiger partial charge in [0.2, 0.25) is 0 Å². The molecule has 0 radical (unpaired) electrons. The lowest BCUT2D eigenvalue weighted by Gasteiger charge is -2.34. The largest absolute Gasteiger partial charge is 0.481 e. The van der Waals surface area contributed by atoms with Gasteiger partial charge in [-0.3, -0.25) is 4.79 Å². The summed E-state index contributed by atoms with van der Waals surface area (Å²) >= 11 is 0. The molecule has 19 heavy (non-hydrogen) atoms. The molecular weight excluding hydrogens is 238 g/mol. The molecule has 3 nitrogen and oxygen atoms in total. The minimum Gasteiger partial charge on any atom is -0.481 e. The van der Waals surface area contributed by atoms with Gasteiger partial charge < -0.3 is 10.0 Å². The van der Waals surface area contributed by atoms with Gasteiger partial charge in [0.05, 0.1) is 0 Å². The minimum atomic E-state index is -0.647. The number of carboxylic acids is 1. The van der Waals surface area contributed by atoms with Gasteiger partial charge in [-0.2, -0.15) is 0 Å². The summed E-state index contributed by atoms with van der Waals surface area (Å²) in [5.74, 6) is 0.790. The number of hydrogen-bond acceptors (Lipinski definition) is 2. The Kier molecular flexibility index (Phi) is 8.11. The Bertz CT molecular complexity index is 255. The summed E-state index contributed by atoms with van der Waals surface area (Å²) in [6, 6.07) is 0. The molecule has 0 aromatic heterocycles. The van der Waals surface area contributed by atoms with Gasteiger partial charge in [-0.1, -0.05) is 33.1 Å². The molecule has 112 valence electrons. The third kappa shape index (κ3) is 6.95. The van der Waals surface area contributed by atoms with Gasteiger partial charge in [0.25, 0.3) is 0 Å². The van der Waals surface area contributed by atoms with Crippen LogP contribution in [-0.4, -0.2) is 35.6 Å². The molecule has 2 unspecified atom stereocenters. The zero-order chi connectivity index (χ0) is 14.1. The molecule has 1 saturated heterocycles. The summed E-state index contributed by atoms with van der Waals surface area (Å²) in [6.07, 6.45) is 8.92. The van der Waals surface area contributed by atoms with Crippen LogP contribution in [-0.2, 0) is 4.79 Å². The van der Waals surface area contributed by atoms with Crippen molar-refractivity contribution in [1.82, 2.24) is 4.90 Å². The highest BCUT2D eigenvalue weighted by atomic mass is 16.4. The molecule has 1 fully saturated rings. The third-order valence-electron chi connectivity index (χ3n) is 4.43. The van der Waals surface area contributed by atoms with E-state index in [2.05, 4.69) is 18.7 Å². The molecule has 0 aromatic carbocycles. The van der Waals surface area contributed by atoms with E-state index in [1.165, 1.54) is 51.6 Å². The predicted molar refractivity (Wildman–Crippen MR) is 79.3 cm³/mol. The molecular formula is C16H31NO2. The molecule has 0 amide bonds. The average molecular weight is 269 g/mol. The van der Waals surface area contributed by atoms with Crippen molar-refractivity contribution in [3.8, 4) is 0 Å². The zero-order valence-corrected chi connectivity index (χ0v) is 12.7. The summed E-state index contributed by atoms with van der Waals surface area (Å²) in [7, 11) is 0. The second-order valence-electron chi connectivity index (χ2n) is 6.12. The fraction of sp³-hybridized carbons (Fsp3) is 0.938. The lowest BCUT2D eigenvalue weighted by Crippen LogP contribution is -2.38. The van der Waals surface area contributed by atoms with Crippen molar-refractivity contribution < 1.29 is 9.90 Å². The van der Waals surface area contributed by atoms with Crippen LogP contribution in [0, 0.1) is 11.8 Å². The number of likely N-dealkylation sites (tertiary alicyclic amines) is 1.